The van der Waals surface area contributed by atoms with Crippen LogP contribution in [0.25, 0.3) is 0 Å². The number of amides is 2. The Balaban J connectivity index is 1.70. The van der Waals surface area contributed by atoms with Crippen molar-refractivity contribution in [3.63, 3.8) is 0 Å². The van der Waals surface area contributed by atoms with Crippen molar-refractivity contribution < 1.29 is 9.18 Å². The highest BCUT2D eigenvalue weighted by Crippen LogP contribution is 2.29. The number of nitrogens with one attached hydrogen (secondary N) is 2. The average Bonchev–Trinajstić information content (AvgIpc) is 2.50. The van der Waals surface area contributed by atoms with Crippen LogP contribution in [0.1, 0.15) is 30.0 Å². The summed E-state index contributed by atoms with van der Waals surface area (Å²) in [7, 11) is 0. The van der Waals surface area contributed by atoms with Crippen LogP contribution >= 0.6 is 11.6 Å². The second-order valence-corrected chi connectivity index (χ2v) is 5.80. The van der Waals surface area contributed by atoms with Crippen molar-refractivity contribution in [3.05, 3.63) is 64.4 Å². The summed E-state index contributed by atoms with van der Waals surface area (Å²) in [5, 5.41) is 5.74. The molecule has 114 valence electrons. The molecule has 1 atom stereocenters. The zero-order valence-electron chi connectivity index (χ0n) is 11.9. The highest BCUT2D eigenvalue weighted by molar-refractivity contribution is 6.30. The van der Waals surface area contributed by atoms with Gasteiger partial charge in [0.15, 0.2) is 0 Å². The van der Waals surface area contributed by atoms with Crippen LogP contribution in [-0.4, -0.2) is 6.03 Å². The van der Waals surface area contributed by atoms with E-state index in [0.717, 1.165) is 24.8 Å². The topological polar surface area (TPSA) is 41.1 Å². The first kappa shape index (κ1) is 14.9. The quantitative estimate of drug-likeness (QED) is 0.829. The molecule has 0 unspecified atom stereocenters. The lowest BCUT2D eigenvalue weighted by Gasteiger charge is -2.26. The van der Waals surface area contributed by atoms with Crippen molar-refractivity contribution in [3.8, 4) is 0 Å². The van der Waals surface area contributed by atoms with Gasteiger partial charge < -0.3 is 10.6 Å². The number of carbonyl (C=O) groups excluding carboxylic acids is 1. The van der Waals surface area contributed by atoms with Gasteiger partial charge in [-0.3, -0.25) is 0 Å². The molecule has 2 N–H and O–H groups in total. The first-order valence-corrected chi connectivity index (χ1v) is 7.61. The molecule has 0 spiro atoms. The fraction of sp³-hybridized carbons (Fsp3) is 0.235. The van der Waals surface area contributed by atoms with E-state index in [4.69, 9.17) is 11.6 Å². The molecule has 5 heteroatoms. The fourth-order valence-corrected chi connectivity index (χ4v) is 2.97. The van der Waals surface area contributed by atoms with E-state index in [1.165, 1.54) is 23.8 Å². The van der Waals surface area contributed by atoms with E-state index < -0.39 is 11.8 Å². The van der Waals surface area contributed by atoms with E-state index in [1.807, 2.05) is 18.2 Å². The van der Waals surface area contributed by atoms with Crippen molar-refractivity contribution in [2.24, 2.45) is 0 Å². The fourth-order valence-electron chi connectivity index (χ4n) is 2.81. The molecule has 2 aromatic rings. The second-order valence-electron chi connectivity index (χ2n) is 5.37. The number of carbonyl (C=O) groups is 1. The van der Waals surface area contributed by atoms with Crippen LogP contribution in [0.2, 0.25) is 5.02 Å². The first-order chi connectivity index (χ1) is 10.6. The third-order valence-corrected chi connectivity index (χ3v) is 4.09. The van der Waals surface area contributed by atoms with Crippen LogP contribution in [0, 0.1) is 5.82 Å². The molecule has 3 rings (SSSR count). The summed E-state index contributed by atoms with van der Waals surface area (Å²) in [6.07, 6.45) is 2.94. The van der Waals surface area contributed by atoms with E-state index in [2.05, 4.69) is 16.7 Å². The number of fused-ring (bicyclic) bond motifs is 1. The number of hydrogen-bond donors (Lipinski definition) is 2. The molecule has 1 aliphatic rings. The van der Waals surface area contributed by atoms with Crippen molar-refractivity contribution >= 4 is 23.3 Å². The van der Waals surface area contributed by atoms with Crippen molar-refractivity contribution in [1.82, 2.24) is 5.32 Å². The summed E-state index contributed by atoms with van der Waals surface area (Å²) in [5.74, 6) is -0.549. The average molecular weight is 319 g/mol. The highest BCUT2D eigenvalue weighted by atomic mass is 35.5. The van der Waals surface area contributed by atoms with Crippen molar-refractivity contribution in [2.45, 2.75) is 25.3 Å². The number of urea groups is 1. The van der Waals surface area contributed by atoms with Gasteiger partial charge in [-0.05, 0) is 48.6 Å². The van der Waals surface area contributed by atoms with Crippen LogP contribution in [0.3, 0.4) is 0 Å². The van der Waals surface area contributed by atoms with Gasteiger partial charge in [0.25, 0.3) is 0 Å². The normalized spacial score (nSPS) is 16.7. The van der Waals surface area contributed by atoms with Gasteiger partial charge in [0.2, 0.25) is 0 Å². The van der Waals surface area contributed by atoms with Gasteiger partial charge in [0.05, 0.1) is 11.7 Å². The van der Waals surface area contributed by atoms with Gasteiger partial charge in [0, 0.05) is 5.02 Å². The molecular formula is C17H16ClFN2O. The molecule has 0 saturated heterocycles. The lowest BCUT2D eigenvalue weighted by molar-refractivity contribution is 0.247. The zero-order chi connectivity index (χ0) is 15.5. The summed E-state index contributed by atoms with van der Waals surface area (Å²) in [4.78, 5) is 12.1. The highest BCUT2D eigenvalue weighted by Gasteiger charge is 2.21. The molecular weight excluding hydrogens is 303 g/mol. The predicted molar refractivity (Wildman–Crippen MR) is 85.7 cm³/mol. The Morgan fingerprint density at radius 3 is 2.86 bits per heavy atom. The molecule has 0 heterocycles. The van der Waals surface area contributed by atoms with Gasteiger partial charge >= 0.3 is 6.03 Å². The van der Waals surface area contributed by atoms with E-state index in [1.54, 1.807) is 0 Å². The molecule has 0 aliphatic heterocycles. The third kappa shape index (κ3) is 3.22. The molecule has 22 heavy (non-hydrogen) atoms. The Hall–Kier alpha value is -2.07. The molecule has 0 radical (unpaired) electrons. The van der Waals surface area contributed by atoms with Gasteiger partial charge in [-0.1, -0.05) is 35.9 Å². The molecule has 0 saturated carbocycles. The maximum Gasteiger partial charge on any atom is 0.319 e. The summed E-state index contributed by atoms with van der Waals surface area (Å²) >= 11 is 5.70. The number of halogens is 2. The minimum Gasteiger partial charge on any atom is -0.331 e. The molecule has 3 nitrogen and oxygen atoms in total. The van der Waals surface area contributed by atoms with Gasteiger partial charge in [-0.15, -0.1) is 0 Å². The Morgan fingerprint density at radius 1 is 1.23 bits per heavy atom. The second kappa shape index (κ2) is 6.36. The Bertz CT molecular complexity index is 705. The van der Waals surface area contributed by atoms with Crippen molar-refractivity contribution in [1.29, 1.82) is 0 Å². The van der Waals surface area contributed by atoms with E-state index in [9.17, 15) is 9.18 Å². The van der Waals surface area contributed by atoms with Crippen molar-refractivity contribution in [2.75, 3.05) is 5.32 Å². The maximum absolute atomic E-state index is 13.7. The van der Waals surface area contributed by atoms with Crippen LogP contribution in [-0.2, 0) is 6.42 Å². The SMILES string of the molecule is O=C(Nc1ccc(Cl)cc1F)N[C@H]1CCCc2ccccc21. The lowest BCUT2D eigenvalue weighted by Crippen LogP contribution is -2.34. The Kier molecular flexibility index (Phi) is 4.29. The molecule has 0 aromatic heterocycles. The van der Waals surface area contributed by atoms with Crippen LogP contribution < -0.4 is 10.6 Å². The van der Waals surface area contributed by atoms with E-state index in [0.29, 0.717) is 5.02 Å². The van der Waals surface area contributed by atoms with Crippen LogP contribution in [0.4, 0.5) is 14.9 Å². The standard InChI is InChI=1S/C17H16ClFN2O/c18-12-8-9-16(14(19)10-12)21-17(22)20-15-7-3-5-11-4-1-2-6-13(11)15/h1-2,4,6,8-10,15H,3,5,7H2,(H2,20,21,22)/t15-/m0/s1. The molecule has 2 aromatic carbocycles. The molecule has 1 aliphatic carbocycles. The number of benzene rings is 2. The number of rotatable bonds is 2. The number of anilines is 1. The van der Waals surface area contributed by atoms with Crippen LogP contribution in [0.15, 0.2) is 42.5 Å². The maximum atomic E-state index is 13.7. The summed E-state index contributed by atoms with van der Waals surface area (Å²) < 4.78 is 13.7. The number of hydrogen-bond acceptors (Lipinski definition) is 1. The monoisotopic (exact) mass is 318 g/mol. The summed E-state index contributed by atoms with van der Waals surface area (Å²) in [6.45, 7) is 0. The molecule has 0 fully saturated rings. The predicted octanol–water partition coefficient (Wildman–Crippen LogP) is 4.68. The van der Waals surface area contributed by atoms with E-state index >= 15 is 0 Å². The van der Waals surface area contributed by atoms with Gasteiger partial charge in [0.1, 0.15) is 5.82 Å². The molecule has 0 bridgehead atoms. The first-order valence-electron chi connectivity index (χ1n) is 7.24. The van der Waals surface area contributed by atoms with Gasteiger partial charge in [-0.2, -0.15) is 0 Å². The summed E-state index contributed by atoms with van der Waals surface area (Å²) in [5.41, 5.74) is 2.52. The smallest absolute Gasteiger partial charge is 0.319 e. The minimum absolute atomic E-state index is 0.0414. The summed E-state index contributed by atoms with van der Waals surface area (Å²) in [6, 6.07) is 11.8. The zero-order valence-corrected chi connectivity index (χ0v) is 12.7. The Morgan fingerprint density at radius 2 is 2.05 bits per heavy atom. The number of aryl methyl sites for hydroxylation is 1. The largest absolute Gasteiger partial charge is 0.331 e. The minimum atomic E-state index is -0.549. The van der Waals surface area contributed by atoms with E-state index in [-0.39, 0.29) is 11.7 Å². The van der Waals surface area contributed by atoms with Crippen LogP contribution in [0.5, 0.6) is 0 Å². The third-order valence-electron chi connectivity index (χ3n) is 3.85. The lowest BCUT2D eigenvalue weighted by atomic mass is 9.88. The Labute approximate surface area is 133 Å². The van der Waals surface area contributed by atoms with Gasteiger partial charge in [-0.25, -0.2) is 9.18 Å². The molecule has 2 amide bonds.